The Morgan fingerprint density at radius 1 is 1.38 bits per heavy atom. The number of amides is 1. The summed E-state index contributed by atoms with van der Waals surface area (Å²) in [7, 11) is 0. The maximum atomic E-state index is 11.5. The molecule has 0 bridgehead atoms. The molecule has 4 heteroatoms. The van der Waals surface area contributed by atoms with Crippen LogP contribution >= 0.6 is 11.8 Å². The molecule has 0 heterocycles. The maximum Gasteiger partial charge on any atom is 0.234 e. The molecule has 3 N–H and O–H groups in total. The highest BCUT2D eigenvalue weighted by atomic mass is 32.2. The topological polar surface area (TPSA) is 55.1 Å². The molecule has 0 aliphatic carbocycles. The van der Waals surface area contributed by atoms with Gasteiger partial charge in [0.05, 0.1) is 5.75 Å². The largest absolute Gasteiger partial charge is 0.325 e. The van der Waals surface area contributed by atoms with Gasteiger partial charge in [0.25, 0.3) is 0 Å². The number of nitrogens with two attached hydrogens (primary N) is 1. The number of carbonyl (C=O) groups excluding carboxylic acids is 1. The predicted molar refractivity (Wildman–Crippen MR) is 70.7 cm³/mol. The fraction of sp³-hybridized carbons (Fsp3) is 0.417. The lowest BCUT2D eigenvalue weighted by molar-refractivity contribution is -0.113. The lowest BCUT2D eigenvalue weighted by Crippen LogP contribution is -2.35. The van der Waals surface area contributed by atoms with Crippen LogP contribution in [0, 0.1) is 0 Å². The van der Waals surface area contributed by atoms with Crippen molar-refractivity contribution in [1.29, 1.82) is 0 Å². The molecule has 1 amide bonds. The second-order valence-corrected chi connectivity index (χ2v) is 5.38. The predicted octanol–water partition coefficient (Wildman–Crippen LogP) is 2.10. The molecule has 0 fully saturated rings. The molecular weight excluding hydrogens is 220 g/mol. The lowest BCUT2D eigenvalue weighted by atomic mass is 10.1. The molecule has 0 unspecified atom stereocenters. The third kappa shape index (κ3) is 5.78. The van der Waals surface area contributed by atoms with Crippen molar-refractivity contribution >= 4 is 23.4 Å². The van der Waals surface area contributed by atoms with Crippen LogP contribution in [0.2, 0.25) is 0 Å². The molecule has 0 radical (unpaired) electrons. The fourth-order valence-corrected chi connectivity index (χ4v) is 2.01. The van der Waals surface area contributed by atoms with Gasteiger partial charge in [-0.05, 0) is 26.0 Å². The van der Waals surface area contributed by atoms with E-state index in [0.29, 0.717) is 5.75 Å². The van der Waals surface area contributed by atoms with Gasteiger partial charge in [0.1, 0.15) is 0 Å². The third-order valence-electron chi connectivity index (χ3n) is 1.76. The molecule has 1 aromatic rings. The van der Waals surface area contributed by atoms with Crippen LogP contribution in [0.25, 0.3) is 0 Å². The summed E-state index contributed by atoms with van der Waals surface area (Å²) in [5.41, 5.74) is 6.43. The quantitative estimate of drug-likeness (QED) is 0.826. The molecule has 1 aromatic carbocycles. The van der Waals surface area contributed by atoms with Crippen molar-refractivity contribution in [2.75, 3.05) is 16.8 Å². The van der Waals surface area contributed by atoms with E-state index in [2.05, 4.69) is 5.32 Å². The van der Waals surface area contributed by atoms with Gasteiger partial charge in [0.2, 0.25) is 5.91 Å². The van der Waals surface area contributed by atoms with Crippen molar-refractivity contribution in [3.63, 3.8) is 0 Å². The Morgan fingerprint density at radius 3 is 2.56 bits per heavy atom. The SMILES string of the molecule is CC(C)(N)CSCC(=O)Nc1ccccc1. The smallest absolute Gasteiger partial charge is 0.234 e. The minimum Gasteiger partial charge on any atom is -0.325 e. The second kappa shape index (κ2) is 5.92. The first kappa shape index (κ1) is 13.1. The van der Waals surface area contributed by atoms with Gasteiger partial charge >= 0.3 is 0 Å². The Bertz CT molecular complexity index is 333. The molecule has 0 aliphatic rings. The van der Waals surface area contributed by atoms with E-state index in [9.17, 15) is 4.79 Å². The molecule has 0 saturated heterocycles. The van der Waals surface area contributed by atoms with Gasteiger partial charge in [-0.25, -0.2) is 0 Å². The van der Waals surface area contributed by atoms with Gasteiger partial charge in [-0.15, -0.1) is 0 Å². The summed E-state index contributed by atoms with van der Waals surface area (Å²) in [6, 6.07) is 9.45. The Kier molecular flexibility index (Phi) is 4.83. The zero-order valence-corrected chi connectivity index (χ0v) is 10.5. The number of nitrogens with one attached hydrogen (secondary N) is 1. The van der Waals surface area contributed by atoms with Crippen LogP contribution in [0.4, 0.5) is 5.69 Å². The summed E-state index contributed by atoms with van der Waals surface area (Å²) < 4.78 is 0. The zero-order valence-electron chi connectivity index (χ0n) is 9.69. The van der Waals surface area contributed by atoms with Crippen LogP contribution in [0.15, 0.2) is 30.3 Å². The lowest BCUT2D eigenvalue weighted by Gasteiger charge is -2.17. The van der Waals surface area contributed by atoms with E-state index in [-0.39, 0.29) is 11.4 Å². The molecule has 16 heavy (non-hydrogen) atoms. The summed E-state index contributed by atoms with van der Waals surface area (Å²) in [6.07, 6.45) is 0. The van der Waals surface area contributed by atoms with Crippen molar-refractivity contribution in [3.8, 4) is 0 Å². The van der Waals surface area contributed by atoms with E-state index in [0.717, 1.165) is 11.4 Å². The van der Waals surface area contributed by atoms with E-state index >= 15 is 0 Å². The summed E-state index contributed by atoms with van der Waals surface area (Å²) in [4.78, 5) is 11.5. The van der Waals surface area contributed by atoms with Crippen molar-refractivity contribution in [2.45, 2.75) is 19.4 Å². The standard InChI is InChI=1S/C12H18N2OS/c1-12(2,13)9-16-8-11(15)14-10-6-4-3-5-7-10/h3-7H,8-9,13H2,1-2H3,(H,14,15). The summed E-state index contributed by atoms with van der Waals surface area (Å²) in [6.45, 7) is 3.91. The molecule has 0 atom stereocenters. The number of para-hydroxylation sites is 1. The number of rotatable bonds is 5. The highest BCUT2D eigenvalue weighted by Crippen LogP contribution is 2.11. The van der Waals surface area contributed by atoms with Gasteiger partial charge in [0, 0.05) is 17.0 Å². The Hall–Kier alpha value is -1.00. The number of carbonyl (C=O) groups is 1. The minimum absolute atomic E-state index is 0.0143. The first-order valence-corrected chi connectivity index (χ1v) is 6.34. The summed E-state index contributed by atoms with van der Waals surface area (Å²) >= 11 is 1.55. The van der Waals surface area contributed by atoms with E-state index in [1.165, 1.54) is 0 Å². The molecule has 0 spiro atoms. The molecule has 0 aromatic heterocycles. The van der Waals surface area contributed by atoms with E-state index in [1.807, 2.05) is 44.2 Å². The van der Waals surface area contributed by atoms with Crippen LogP contribution < -0.4 is 11.1 Å². The molecular formula is C12H18N2OS. The molecule has 88 valence electrons. The van der Waals surface area contributed by atoms with E-state index in [1.54, 1.807) is 11.8 Å². The van der Waals surface area contributed by atoms with Crippen molar-refractivity contribution in [2.24, 2.45) is 5.73 Å². The third-order valence-corrected chi connectivity index (χ3v) is 3.18. The van der Waals surface area contributed by atoms with Crippen molar-refractivity contribution in [1.82, 2.24) is 0 Å². The van der Waals surface area contributed by atoms with E-state index < -0.39 is 0 Å². The van der Waals surface area contributed by atoms with Gasteiger partial charge in [-0.1, -0.05) is 18.2 Å². The summed E-state index contributed by atoms with van der Waals surface area (Å²) in [5.74, 6) is 1.23. The first-order chi connectivity index (χ1) is 7.47. The number of benzene rings is 1. The highest BCUT2D eigenvalue weighted by Gasteiger charge is 2.11. The maximum absolute atomic E-state index is 11.5. The molecule has 0 saturated carbocycles. The highest BCUT2D eigenvalue weighted by molar-refractivity contribution is 8.00. The Labute approximate surface area is 101 Å². The average molecular weight is 238 g/mol. The molecule has 1 rings (SSSR count). The summed E-state index contributed by atoms with van der Waals surface area (Å²) in [5, 5.41) is 2.83. The van der Waals surface area contributed by atoms with Gasteiger partial charge in [-0.2, -0.15) is 11.8 Å². The fourth-order valence-electron chi connectivity index (χ4n) is 1.13. The molecule has 3 nitrogen and oxygen atoms in total. The number of hydrogen-bond acceptors (Lipinski definition) is 3. The normalized spacial score (nSPS) is 11.2. The van der Waals surface area contributed by atoms with Crippen LogP contribution in [0.3, 0.4) is 0 Å². The van der Waals surface area contributed by atoms with Crippen LogP contribution in [0.5, 0.6) is 0 Å². The zero-order chi connectivity index (χ0) is 12.0. The monoisotopic (exact) mass is 238 g/mol. The van der Waals surface area contributed by atoms with Crippen LogP contribution in [-0.4, -0.2) is 23.0 Å². The molecule has 0 aliphatic heterocycles. The van der Waals surface area contributed by atoms with Gasteiger partial charge < -0.3 is 11.1 Å². The van der Waals surface area contributed by atoms with Gasteiger partial charge in [-0.3, -0.25) is 4.79 Å². The minimum atomic E-state index is -0.225. The van der Waals surface area contributed by atoms with E-state index in [4.69, 9.17) is 5.73 Å². The second-order valence-electron chi connectivity index (χ2n) is 4.40. The Balaban J connectivity index is 2.27. The van der Waals surface area contributed by atoms with Gasteiger partial charge in [0.15, 0.2) is 0 Å². The van der Waals surface area contributed by atoms with Crippen LogP contribution in [-0.2, 0) is 4.79 Å². The first-order valence-electron chi connectivity index (χ1n) is 5.19. The van der Waals surface area contributed by atoms with Crippen molar-refractivity contribution < 1.29 is 4.79 Å². The van der Waals surface area contributed by atoms with Crippen LogP contribution in [0.1, 0.15) is 13.8 Å². The number of hydrogen-bond donors (Lipinski definition) is 2. The van der Waals surface area contributed by atoms with Crippen molar-refractivity contribution in [3.05, 3.63) is 30.3 Å². The number of thioether (sulfide) groups is 1. The average Bonchev–Trinajstić information content (AvgIpc) is 2.17. The Morgan fingerprint density at radius 2 is 2.00 bits per heavy atom. The number of anilines is 1.